The molecule has 0 heterocycles. The van der Waals surface area contributed by atoms with E-state index in [1.54, 1.807) is 30.3 Å². The number of amides is 2. The summed E-state index contributed by atoms with van der Waals surface area (Å²) in [6, 6.07) is 7.53. The highest BCUT2D eigenvalue weighted by Crippen LogP contribution is 2.13. The van der Waals surface area contributed by atoms with E-state index >= 15 is 0 Å². The van der Waals surface area contributed by atoms with Gasteiger partial charge in [0.2, 0.25) is 5.91 Å². The Labute approximate surface area is 208 Å². The molecule has 0 aliphatic rings. The van der Waals surface area contributed by atoms with Gasteiger partial charge in [-0.05, 0) is 65.5 Å². The first-order valence-electron chi connectivity index (χ1n) is 11.6. The average Bonchev–Trinajstić information content (AvgIpc) is 2.79. The van der Waals surface area contributed by atoms with Crippen LogP contribution in [-0.2, 0) is 9.59 Å². The summed E-state index contributed by atoms with van der Waals surface area (Å²) in [6.07, 6.45) is 10.8. The molecule has 0 radical (unpaired) electrons. The van der Waals surface area contributed by atoms with Gasteiger partial charge in [0.05, 0.1) is 6.54 Å². The molecule has 1 atom stereocenters. The third-order valence-electron chi connectivity index (χ3n) is 5.04. The molecule has 7 heteroatoms. The molecule has 0 saturated carbocycles. The molecule has 0 spiro atoms. The molecule has 186 valence electrons. The first-order valence-corrected chi connectivity index (χ1v) is 12.7. The van der Waals surface area contributed by atoms with Crippen molar-refractivity contribution in [2.75, 3.05) is 18.1 Å². The average molecular weight is 487 g/mol. The lowest BCUT2D eigenvalue weighted by Crippen LogP contribution is -2.46. The van der Waals surface area contributed by atoms with Crippen molar-refractivity contribution >= 4 is 29.5 Å². The predicted octanol–water partition coefficient (Wildman–Crippen LogP) is 5.14. The summed E-state index contributed by atoms with van der Waals surface area (Å²) in [7, 11) is 0. The van der Waals surface area contributed by atoms with Crippen LogP contribution in [-0.4, -0.2) is 47.0 Å². The van der Waals surface area contributed by atoms with E-state index in [9.17, 15) is 19.5 Å². The van der Waals surface area contributed by atoms with Gasteiger partial charge in [-0.25, -0.2) is 4.79 Å². The molecular formula is C27H38N2O4S. The quantitative estimate of drug-likeness (QED) is 0.236. The zero-order valence-corrected chi connectivity index (χ0v) is 21.5. The summed E-state index contributed by atoms with van der Waals surface area (Å²) in [4.78, 5) is 35.6. The first kappa shape index (κ1) is 29.2. The van der Waals surface area contributed by atoms with Gasteiger partial charge in [0.25, 0.3) is 5.91 Å². The van der Waals surface area contributed by atoms with Crippen LogP contribution in [0.3, 0.4) is 0 Å². The number of nitrogens with one attached hydrogen (secondary N) is 2. The summed E-state index contributed by atoms with van der Waals surface area (Å²) in [6.45, 7) is 8.21. The number of hydrogen-bond donors (Lipinski definition) is 3. The van der Waals surface area contributed by atoms with E-state index in [1.165, 1.54) is 28.5 Å². The van der Waals surface area contributed by atoms with Gasteiger partial charge in [0.15, 0.2) is 0 Å². The van der Waals surface area contributed by atoms with Crippen molar-refractivity contribution in [1.82, 2.24) is 10.6 Å². The monoisotopic (exact) mass is 486 g/mol. The van der Waals surface area contributed by atoms with Crippen molar-refractivity contribution < 1.29 is 19.5 Å². The largest absolute Gasteiger partial charge is 0.480 e. The normalized spacial score (nSPS) is 12.6. The van der Waals surface area contributed by atoms with Crippen molar-refractivity contribution in [1.29, 1.82) is 0 Å². The van der Waals surface area contributed by atoms with Gasteiger partial charge in [-0.15, -0.1) is 0 Å². The molecule has 34 heavy (non-hydrogen) atoms. The smallest absolute Gasteiger partial charge is 0.327 e. The van der Waals surface area contributed by atoms with Crippen LogP contribution in [0.2, 0.25) is 0 Å². The fourth-order valence-corrected chi connectivity index (χ4v) is 4.00. The molecule has 3 N–H and O–H groups in total. The molecule has 6 nitrogen and oxygen atoms in total. The van der Waals surface area contributed by atoms with Gasteiger partial charge in [-0.1, -0.05) is 53.1 Å². The minimum Gasteiger partial charge on any atom is -0.480 e. The van der Waals surface area contributed by atoms with Crippen LogP contribution in [0.15, 0.2) is 65.3 Å². The van der Waals surface area contributed by atoms with Gasteiger partial charge in [-0.2, -0.15) is 11.8 Å². The second-order valence-electron chi connectivity index (χ2n) is 8.50. The number of carboxylic acids is 1. The molecule has 2 amide bonds. The van der Waals surface area contributed by atoms with Crippen molar-refractivity contribution in [3.8, 4) is 0 Å². The Morgan fingerprint density at radius 3 is 2.18 bits per heavy atom. The van der Waals surface area contributed by atoms with Gasteiger partial charge < -0.3 is 15.7 Å². The molecule has 0 fully saturated rings. The highest BCUT2D eigenvalue weighted by Gasteiger charge is 2.20. The summed E-state index contributed by atoms with van der Waals surface area (Å²) in [5, 5.41) is 14.4. The van der Waals surface area contributed by atoms with Crippen LogP contribution in [0.4, 0.5) is 0 Å². The number of allylic oxidation sites excluding steroid dienone is 5. The van der Waals surface area contributed by atoms with E-state index in [1.807, 2.05) is 0 Å². The van der Waals surface area contributed by atoms with E-state index in [2.05, 4.69) is 56.6 Å². The number of hydrogen-bond acceptors (Lipinski definition) is 4. The molecule has 0 aliphatic heterocycles. The van der Waals surface area contributed by atoms with Crippen LogP contribution in [0.1, 0.15) is 63.7 Å². The number of aliphatic carboxylic acids is 1. The van der Waals surface area contributed by atoms with Crippen LogP contribution in [0, 0.1) is 0 Å². The van der Waals surface area contributed by atoms with E-state index in [0.29, 0.717) is 11.3 Å². The number of carboxylic acid groups (broad SMARTS) is 1. The summed E-state index contributed by atoms with van der Waals surface area (Å²) < 4.78 is 0. The Bertz CT molecular complexity index is 887. The second kappa shape index (κ2) is 16.8. The lowest BCUT2D eigenvalue weighted by Gasteiger charge is -2.14. The Hall–Kier alpha value is -2.80. The second-order valence-corrected chi connectivity index (χ2v) is 9.58. The van der Waals surface area contributed by atoms with E-state index in [-0.39, 0.29) is 18.2 Å². The van der Waals surface area contributed by atoms with Crippen molar-refractivity contribution in [3.05, 3.63) is 70.8 Å². The van der Waals surface area contributed by atoms with E-state index < -0.39 is 17.9 Å². The Balaban J connectivity index is 2.33. The highest BCUT2D eigenvalue weighted by molar-refractivity contribution is 7.99. The summed E-state index contributed by atoms with van der Waals surface area (Å²) in [5.74, 6) is -1.07. The maximum Gasteiger partial charge on any atom is 0.327 e. The number of benzene rings is 1. The molecule has 0 aromatic heterocycles. The lowest BCUT2D eigenvalue weighted by molar-refractivity contribution is -0.140. The van der Waals surface area contributed by atoms with Gasteiger partial charge in [0, 0.05) is 17.1 Å². The third kappa shape index (κ3) is 13.7. The minimum atomic E-state index is -1.09. The lowest BCUT2D eigenvalue weighted by atomic mass is 10.1. The predicted molar refractivity (Wildman–Crippen MR) is 141 cm³/mol. The Kier molecular flexibility index (Phi) is 14.4. The maximum atomic E-state index is 12.1. The zero-order valence-electron chi connectivity index (χ0n) is 20.7. The van der Waals surface area contributed by atoms with E-state index in [0.717, 1.165) is 25.7 Å². The van der Waals surface area contributed by atoms with Crippen LogP contribution >= 0.6 is 11.8 Å². The number of carbonyl (C=O) groups is 3. The standard InChI is InChI=1S/C27H38N2O4S/c1-20(2)10-8-11-21(3)12-9-13-22(4)16-17-34-19-24(27(32)33)29-25(30)18-28-26(31)23-14-6-5-7-15-23/h5-7,10,12,14-16,24H,8-9,11,13,17-19H2,1-4H3,(H,28,31)(H,29,30)(H,32,33)/t24-/m0/s1. The molecular weight excluding hydrogens is 448 g/mol. The first-order chi connectivity index (χ1) is 16.2. The molecule has 0 saturated heterocycles. The molecule has 1 aromatic rings. The summed E-state index contributed by atoms with van der Waals surface area (Å²) in [5.41, 5.74) is 4.46. The van der Waals surface area contributed by atoms with Crippen LogP contribution in [0.5, 0.6) is 0 Å². The third-order valence-corrected chi connectivity index (χ3v) is 6.01. The topological polar surface area (TPSA) is 95.5 Å². The molecule has 0 unspecified atom stereocenters. The molecule has 1 rings (SSSR count). The fourth-order valence-electron chi connectivity index (χ4n) is 3.00. The van der Waals surface area contributed by atoms with Crippen molar-refractivity contribution in [2.24, 2.45) is 0 Å². The van der Waals surface area contributed by atoms with E-state index in [4.69, 9.17) is 0 Å². The highest BCUT2D eigenvalue weighted by atomic mass is 32.2. The van der Waals surface area contributed by atoms with Crippen molar-refractivity contribution in [3.63, 3.8) is 0 Å². The van der Waals surface area contributed by atoms with Gasteiger partial charge in [0.1, 0.15) is 6.04 Å². The van der Waals surface area contributed by atoms with Crippen LogP contribution < -0.4 is 10.6 Å². The Morgan fingerprint density at radius 1 is 0.941 bits per heavy atom. The Morgan fingerprint density at radius 2 is 1.56 bits per heavy atom. The number of rotatable bonds is 15. The number of thioether (sulfide) groups is 1. The maximum absolute atomic E-state index is 12.1. The summed E-state index contributed by atoms with van der Waals surface area (Å²) >= 11 is 1.45. The van der Waals surface area contributed by atoms with Crippen molar-refractivity contribution in [2.45, 2.75) is 59.4 Å². The SMILES string of the molecule is CC(C)=CCCC(C)=CCCC(C)=CCSC[C@H](NC(=O)CNC(=O)c1ccccc1)C(=O)O. The molecule has 0 aliphatic carbocycles. The minimum absolute atomic E-state index is 0.251. The zero-order chi connectivity index (χ0) is 25.3. The van der Waals surface area contributed by atoms with Gasteiger partial charge >= 0.3 is 5.97 Å². The fraction of sp³-hybridized carbons (Fsp3) is 0.444. The number of carbonyl (C=O) groups excluding carboxylic acids is 2. The molecule has 1 aromatic carbocycles. The van der Waals surface area contributed by atoms with Gasteiger partial charge in [-0.3, -0.25) is 9.59 Å². The van der Waals surface area contributed by atoms with Crippen LogP contribution in [0.25, 0.3) is 0 Å². The molecule has 0 bridgehead atoms.